The highest BCUT2D eigenvalue weighted by Gasteiger charge is 3.02. The van der Waals surface area contributed by atoms with Crippen LogP contribution >= 0.6 is 0 Å². The number of carbonyl (C=O) groups is 2. The van der Waals surface area contributed by atoms with Gasteiger partial charge in [0.2, 0.25) is 0 Å². The van der Waals surface area contributed by atoms with Crippen molar-refractivity contribution >= 4 is 11.9 Å². The third-order valence-corrected chi connectivity index (χ3v) is 11.1. The average molecular weight is 1410 g/mol. The Bertz CT molecular complexity index is 2540. The number of aliphatic hydroxyl groups is 1. The molecule has 53 heteroatoms. The van der Waals surface area contributed by atoms with E-state index in [-0.39, 0.29) is 0 Å². The van der Waals surface area contributed by atoms with Gasteiger partial charge in [0, 0.05) is 30.4 Å². The van der Waals surface area contributed by atoms with Crippen LogP contribution in [0.5, 0.6) is 0 Å². The molecule has 0 aliphatic carbocycles. The molecule has 5 nitrogen and oxygen atoms in total. The number of halogens is 48. The van der Waals surface area contributed by atoms with E-state index in [9.17, 15) is 225 Å². The van der Waals surface area contributed by atoms with E-state index in [2.05, 4.69) is 0 Å². The summed E-state index contributed by atoms with van der Waals surface area (Å²) in [6, 6.07) is 0. The van der Waals surface area contributed by atoms with E-state index in [0.29, 0.717) is 0 Å². The lowest BCUT2D eigenvalue weighted by Gasteiger charge is -2.46. The molecule has 0 aliphatic heterocycles. The van der Waals surface area contributed by atoms with Gasteiger partial charge in [0.1, 0.15) is 0 Å². The molecule has 1 atom stereocenters. The summed E-state index contributed by atoms with van der Waals surface area (Å²) in [7, 11) is 0. The molecule has 87 heavy (non-hydrogen) atoms. The minimum Gasteiger partial charge on any atom is -0.478 e. The molecule has 3 N–H and O–H groups in total. The summed E-state index contributed by atoms with van der Waals surface area (Å²) < 4.78 is 659. The molecule has 0 aromatic heterocycles. The molecular formula is C34H14F48O5. The third-order valence-electron chi connectivity index (χ3n) is 11.1. The number of hydrogen-bond acceptors (Lipinski definition) is 3. The predicted octanol–water partition coefficient (Wildman–Crippen LogP) is 16.4. The molecular weight excluding hydrogens is 1400 g/mol. The number of aliphatic hydroxyl groups excluding tert-OH is 1. The Morgan fingerprint density at radius 3 is 0.713 bits per heavy atom. The van der Waals surface area contributed by atoms with Gasteiger partial charge in [0.15, 0.2) is 0 Å². The summed E-state index contributed by atoms with van der Waals surface area (Å²) in [6.07, 6.45) is -46.5. The molecule has 516 valence electrons. The van der Waals surface area contributed by atoms with Crippen molar-refractivity contribution in [1.82, 2.24) is 0 Å². The molecule has 1 unspecified atom stereocenters. The van der Waals surface area contributed by atoms with Crippen molar-refractivity contribution in [1.29, 1.82) is 0 Å². The Labute approximate surface area is 440 Å². The maximum Gasteiger partial charge on any atom is 0.460 e. The molecule has 0 amide bonds. The van der Waals surface area contributed by atoms with Crippen molar-refractivity contribution in [2.75, 3.05) is 0 Å². The van der Waals surface area contributed by atoms with E-state index >= 15 is 0 Å². The molecule has 0 saturated heterocycles. The first-order valence-electron chi connectivity index (χ1n) is 19.6. The molecule has 0 fully saturated rings. The summed E-state index contributed by atoms with van der Waals surface area (Å²) in [6.45, 7) is 0. The summed E-state index contributed by atoms with van der Waals surface area (Å²) in [5.41, 5.74) is -14.5. The van der Waals surface area contributed by atoms with Gasteiger partial charge in [0.05, 0.1) is 6.10 Å². The van der Waals surface area contributed by atoms with Gasteiger partial charge in [-0.1, -0.05) is 12.2 Å². The second-order valence-electron chi connectivity index (χ2n) is 16.9. The quantitative estimate of drug-likeness (QED) is 0.0412. The number of allylic oxidation sites excluding steroid dienone is 2. The minimum absolute atomic E-state index is 0.939. The Balaban J connectivity index is 7.42. The largest absolute Gasteiger partial charge is 0.478 e. The highest BCUT2D eigenvalue weighted by atomic mass is 19.5. The van der Waals surface area contributed by atoms with E-state index in [1.807, 2.05) is 0 Å². The first-order valence-corrected chi connectivity index (χ1v) is 19.6. The fourth-order valence-electron chi connectivity index (χ4n) is 5.82. The topological polar surface area (TPSA) is 94.8 Å². The second kappa shape index (κ2) is 21.9. The fraction of sp³-hybridized carbons (Fsp3) is 0.824. The molecule has 0 aromatic carbocycles. The van der Waals surface area contributed by atoms with Gasteiger partial charge in [-0.25, -0.2) is 14.0 Å². The minimum atomic E-state index is -10.2. The van der Waals surface area contributed by atoms with Crippen LogP contribution in [0.4, 0.5) is 211 Å². The maximum atomic E-state index is 14.5. The van der Waals surface area contributed by atoms with Crippen LogP contribution in [-0.2, 0) is 9.59 Å². The predicted molar refractivity (Wildman–Crippen MR) is 172 cm³/mol. The number of carboxylic acids is 2. The van der Waals surface area contributed by atoms with Crippen LogP contribution in [0, 0.1) is 0 Å². The highest BCUT2D eigenvalue weighted by molar-refractivity contribution is 5.89. The first kappa shape index (κ1) is 82.0. The fourth-order valence-corrected chi connectivity index (χ4v) is 5.82. The maximum absolute atomic E-state index is 14.5. The van der Waals surface area contributed by atoms with Crippen molar-refractivity contribution in [3.8, 4) is 0 Å². The standard InChI is InChI=1S/C34H14F48O5/c35-12(36,15(40,41)18(46,47)21(52,53)24(58,59)28(66,67)29(68,69)30(70,71)31(72,73)34(80,81)82)4-3-7(10(84)85)1-2-8(11(86)87)5-9(83)6-13(37,38)16(42,43)19(48,49)22(54,55)25(60,61)27(64,65)26(62,63)23(56,57)20(50,51)17(44,45)14(39,32(74,75)76)33(77,78)79/h1-2,9,83H,3-6H2,(H,84,85)(H,86,87). The van der Waals surface area contributed by atoms with E-state index in [0.717, 1.165) is 0 Å². The number of hydrogen-bond donors (Lipinski definition) is 3. The van der Waals surface area contributed by atoms with E-state index in [1.165, 1.54) is 0 Å². The zero-order valence-corrected chi connectivity index (χ0v) is 38.4. The zero-order chi connectivity index (χ0) is 71.6. The van der Waals surface area contributed by atoms with Gasteiger partial charge >= 0.3 is 149 Å². The van der Waals surface area contributed by atoms with E-state index in [4.69, 9.17) is 10.2 Å². The Morgan fingerprint density at radius 1 is 0.276 bits per heavy atom. The van der Waals surface area contributed by atoms with Crippen molar-refractivity contribution in [2.45, 2.75) is 169 Å². The van der Waals surface area contributed by atoms with E-state index < -0.39 is 204 Å². The van der Waals surface area contributed by atoms with Crippen LogP contribution in [0.2, 0.25) is 0 Å². The van der Waals surface area contributed by atoms with E-state index in [1.54, 1.807) is 0 Å². The van der Waals surface area contributed by atoms with Crippen LogP contribution in [0.15, 0.2) is 23.3 Å². The molecule has 0 radical (unpaired) electrons. The summed E-state index contributed by atoms with van der Waals surface area (Å²) in [5.74, 6) is -186. The monoisotopic (exact) mass is 1410 g/mol. The Morgan fingerprint density at radius 2 is 0.483 bits per heavy atom. The van der Waals surface area contributed by atoms with Crippen LogP contribution in [-0.4, -0.2) is 170 Å². The summed E-state index contributed by atoms with van der Waals surface area (Å²) in [4.78, 5) is 22.8. The Kier molecular flexibility index (Phi) is 20.6. The molecule has 0 rings (SSSR count). The first-order chi connectivity index (χ1) is 37.0. The van der Waals surface area contributed by atoms with Gasteiger partial charge in [-0.15, -0.1) is 0 Å². The van der Waals surface area contributed by atoms with Crippen LogP contribution < -0.4 is 0 Å². The lowest BCUT2D eigenvalue weighted by molar-refractivity contribution is -0.487. The van der Waals surface area contributed by atoms with Crippen molar-refractivity contribution < 1.29 is 236 Å². The molecule has 0 spiro atoms. The second-order valence-corrected chi connectivity index (χ2v) is 16.9. The Hall–Kier alpha value is -4.98. The van der Waals surface area contributed by atoms with Gasteiger partial charge < -0.3 is 15.3 Å². The lowest BCUT2D eigenvalue weighted by atomic mass is 9.81. The molecule has 0 saturated carbocycles. The third kappa shape index (κ3) is 11.3. The van der Waals surface area contributed by atoms with Gasteiger partial charge in [-0.2, -0.15) is 206 Å². The molecule has 0 aromatic rings. The molecule has 0 heterocycles. The molecule has 0 bridgehead atoms. The number of rotatable bonds is 28. The van der Waals surface area contributed by atoms with Gasteiger partial charge in [0.25, 0.3) is 0 Å². The number of alkyl halides is 48. The smallest absolute Gasteiger partial charge is 0.460 e. The van der Waals surface area contributed by atoms with Crippen LogP contribution in [0.25, 0.3) is 0 Å². The van der Waals surface area contributed by atoms with Crippen molar-refractivity contribution in [3.63, 3.8) is 0 Å². The molecule has 0 aliphatic rings. The SMILES string of the molecule is O=C(O)C(=CC=C(CC(O)CC(F)(F)C(F)(F)C(F)(F)C(F)(F)C(F)(F)C(F)(F)C(F)(F)C(F)(F)C(F)(F)C(F)(F)C(F)(C(F)(F)F)C(F)(F)F)C(=O)O)CCC(F)(F)C(F)(F)C(F)(F)C(F)(F)C(F)(F)C(F)(F)C(F)(F)C(F)(F)C(F)(F)C(F)(F)F. The van der Waals surface area contributed by atoms with Crippen molar-refractivity contribution in [3.05, 3.63) is 23.3 Å². The van der Waals surface area contributed by atoms with Gasteiger partial charge in [-0.3, -0.25) is 0 Å². The van der Waals surface area contributed by atoms with Gasteiger partial charge in [-0.05, 0) is 6.42 Å². The summed E-state index contributed by atoms with van der Waals surface area (Å²) in [5, 5.41) is 27.6. The summed E-state index contributed by atoms with van der Waals surface area (Å²) >= 11 is 0. The van der Waals surface area contributed by atoms with Crippen LogP contribution in [0.3, 0.4) is 0 Å². The van der Waals surface area contributed by atoms with Crippen molar-refractivity contribution in [2.24, 2.45) is 0 Å². The number of aliphatic carboxylic acids is 2. The normalized spacial score (nSPS) is 17.3. The van der Waals surface area contributed by atoms with Crippen LogP contribution in [0.1, 0.15) is 25.7 Å². The average Bonchev–Trinajstić information content (AvgIpc) is 0.921. The number of carboxylic acid groups (broad SMARTS) is 2. The lowest BCUT2D eigenvalue weighted by Crippen LogP contribution is -2.79. The zero-order valence-electron chi connectivity index (χ0n) is 38.4. The highest BCUT2D eigenvalue weighted by Crippen LogP contribution is 2.71.